The summed E-state index contributed by atoms with van der Waals surface area (Å²) in [6.07, 6.45) is 2.01. The van der Waals surface area contributed by atoms with Gasteiger partial charge in [0.05, 0.1) is 6.61 Å². The second-order valence-corrected chi connectivity index (χ2v) is 13.9. The first-order valence-corrected chi connectivity index (χ1v) is 18.1. The highest BCUT2D eigenvalue weighted by Crippen LogP contribution is 2.29. The van der Waals surface area contributed by atoms with E-state index >= 15 is 0 Å². The summed E-state index contributed by atoms with van der Waals surface area (Å²) in [5.41, 5.74) is -0.277. The van der Waals surface area contributed by atoms with E-state index in [0.29, 0.717) is 29.7 Å². The van der Waals surface area contributed by atoms with Gasteiger partial charge >= 0.3 is 0 Å². The summed E-state index contributed by atoms with van der Waals surface area (Å²) in [5, 5.41) is 5.49. The number of halogens is 6. The first-order valence-electron chi connectivity index (χ1n) is 16.2. The van der Waals surface area contributed by atoms with Gasteiger partial charge in [-0.25, -0.2) is 8.78 Å². The van der Waals surface area contributed by atoms with Crippen LogP contribution in [0.3, 0.4) is 0 Å². The van der Waals surface area contributed by atoms with Crippen molar-refractivity contribution >= 4 is 51.5 Å². The normalized spacial score (nSPS) is 19.6. The number of hydrogen-bond donors (Lipinski definition) is 1. The van der Waals surface area contributed by atoms with Gasteiger partial charge in [0.1, 0.15) is 52.4 Å². The van der Waals surface area contributed by atoms with Crippen LogP contribution in [0.2, 0.25) is 10.0 Å². The van der Waals surface area contributed by atoms with Crippen LogP contribution in [0.1, 0.15) is 26.7 Å². The maximum Gasteiger partial charge on any atom is 0.126 e. The third-order valence-electron chi connectivity index (χ3n) is 7.81. The van der Waals surface area contributed by atoms with Crippen LogP contribution < -0.4 is 24.3 Å². The van der Waals surface area contributed by atoms with Crippen LogP contribution in [0.4, 0.5) is 8.78 Å². The average Bonchev–Trinajstić information content (AvgIpc) is 3.68. The second kappa shape index (κ2) is 20.9. The van der Waals surface area contributed by atoms with Crippen molar-refractivity contribution in [3.05, 3.63) is 119 Å². The highest BCUT2D eigenvalue weighted by Gasteiger charge is 2.35. The van der Waals surface area contributed by atoms with Gasteiger partial charge in [-0.2, -0.15) is 0 Å². The molecule has 2 unspecified atom stereocenters. The van der Waals surface area contributed by atoms with Gasteiger partial charge in [-0.05, 0) is 93.2 Å². The van der Waals surface area contributed by atoms with Gasteiger partial charge < -0.3 is 24.3 Å². The van der Waals surface area contributed by atoms with Crippen LogP contribution in [0.15, 0.2) is 97.1 Å². The van der Waals surface area contributed by atoms with Crippen molar-refractivity contribution in [3.8, 4) is 23.0 Å². The Kier molecular flexibility index (Phi) is 17.4. The number of likely N-dealkylation sites (tertiary alicyclic amines) is 1. The molecule has 0 spiro atoms. The molecule has 2 aliphatic rings. The monoisotopic (exact) mass is 814 g/mol. The van der Waals surface area contributed by atoms with E-state index in [4.69, 9.17) is 42.1 Å². The largest absolute Gasteiger partial charge is 0.493 e. The van der Waals surface area contributed by atoms with Gasteiger partial charge in [-0.15, -0.1) is 12.4 Å². The number of benzene rings is 4. The summed E-state index contributed by atoms with van der Waals surface area (Å²) in [6.45, 7) is 9.86. The molecule has 2 fully saturated rings. The number of hydrogen-bond acceptors (Lipinski definition) is 6. The first kappa shape index (κ1) is 41.6. The maximum absolute atomic E-state index is 13.1. The lowest BCUT2D eigenvalue weighted by molar-refractivity contribution is 0.0935. The van der Waals surface area contributed by atoms with E-state index in [1.54, 1.807) is 24.3 Å². The smallest absolute Gasteiger partial charge is 0.126 e. The van der Waals surface area contributed by atoms with Gasteiger partial charge in [0.2, 0.25) is 0 Å². The van der Waals surface area contributed by atoms with Gasteiger partial charge in [-0.1, -0.05) is 51.3 Å². The molecule has 0 saturated carbocycles. The summed E-state index contributed by atoms with van der Waals surface area (Å²) in [5.74, 6) is 2.31. The Bertz CT molecular complexity index is 1570. The Labute approximate surface area is 318 Å². The first-order chi connectivity index (χ1) is 23.5. The Morgan fingerprint density at radius 3 is 1.72 bits per heavy atom. The van der Waals surface area contributed by atoms with E-state index in [0.717, 1.165) is 67.4 Å². The van der Waals surface area contributed by atoms with E-state index in [9.17, 15) is 8.78 Å². The van der Waals surface area contributed by atoms with Crippen molar-refractivity contribution in [2.24, 2.45) is 0 Å². The van der Waals surface area contributed by atoms with Crippen LogP contribution >= 0.6 is 51.5 Å². The summed E-state index contributed by atoms with van der Waals surface area (Å²) in [6, 6.07) is 27.3. The lowest BCUT2D eigenvalue weighted by Crippen LogP contribution is -2.37. The number of nitrogens with one attached hydrogen (secondary N) is 1. The molecule has 1 N–H and O–H groups in total. The third kappa shape index (κ3) is 14.8. The zero-order valence-electron chi connectivity index (χ0n) is 28.2. The lowest BCUT2D eigenvalue weighted by atomic mass is 10.1. The standard InChI is InChI=1S/C19H21ClFNO2.C11H14ClNO.C8H8BrFO.ClH/c1-19(24-17-7-5-15(20)6-8-17)9-10-22(14-19)11-12-23-18-4-2-3-16(21)13-18;1-11(6-7-13-8-11)14-10-4-2-9(12)3-5-10;9-4-5-11-8-3-1-2-7(10)6-8;/h2-8,13H,9-12,14H2,1H3;2-5,13H,6-8H2,1H3;1-3,6H,4-5H2;1H. The molecule has 12 heteroatoms. The van der Waals surface area contributed by atoms with E-state index in [2.05, 4.69) is 40.0 Å². The molecule has 0 bridgehead atoms. The van der Waals surface area contributed by atoms with E-state index in [1.807, 2.05) is 48.5 Å². The number of nitrogens with zero attached hydrogens (tertiary/aromatic N) is 1. The van der Waals surface area contributed by atoms with Crippen LogP contribution in [0, 0.1) is 11.6 Å². The van der Waals surface area contributed by atoms with Crippen molar-refractivity contribution in [2.75, 3.05) is 51.3 Å². The van der Waals surface area contributed by atoms with E-state index in [1.165, 1.54) is 24.3 Å². The van der Waals surface area contributed by atoms with Gasteiger partial charge in [-0.3, -0.25) is 4.90 Å². The number of alkyl halides is 1. The van der Waals surface area contributed by atoms with Gasteiger partial charge in [0.25, 0.3) is 0 Å². The minimum absolute atomic E-state index is 0. The Morgan fingerprint density at radius 2 is 1.24 bits per heavy atom. The SMILES string of the molecule is CC1(Oc2ccc(Cl)cc2)CCN(CCOc2cccc(F)c2)C1.CC1(Oc2ccc(Cl)cc2)CCNC1.Cl.Fc1cccc(OCCBr)c1. The lowest BCUT2D eigenvalue weighted by Gasteiger charge is -2.26. The predicted octanol–water partition coefficient (Wildman–Crippen LogP) is 9.89. The molecule has 6 nitrogen and oxygen atoms in total. The number of rotatable bonds is 11. The highest BCUT2D eigenvalue weighted by molar-refractivity contribution is 9.09. The molecule has 0 aromatic heterocycles. The molecule has 2 saturated heterocycles. The van der Waals surface area contributed by atoms with E-state index in [-0.39, 0.29) is 35.2 Å². The van der Waals surface area contributed by atoms with Crippen LogP contribution in [0.25, 0.3) is 0 Å². The molecule has 50 heavy (non-hydrogen) atoms. The van der Waals surface area contributed by atoms with Crippen LogP contribution in [0.5, 0.6) is 23.0 Å². The summed E-state index contributed by atoms with van der Waals surface area (Å²) >= 11 is 14.9. The minimum atomic E-state index is -0.280. The van der Waals surface area contributed by atoms with Crippen molar-refractivity contribution in [1.82, 2.24) is 10.2 Å². The topological polar surface area (TPSA) is 52.2 Å². The van der Waals surface area contributed by atoms with E-state index < -0.39 is 0 Å². The molecule has 4 aromatic carbocycles. The molecule has 0 radical (unpaired) electrons. The van der Waals surface area contributed by atoms with Crippen LogP contribution in [-0.4, -0.2) is 67.4 Å². The van der Waals surface area contributed by atoms with Crippen molar-refractivity contribution in [3.63, 3.8) is 0 Å². The molecular weight excluding hydrogens is 773 g/mol. The predicted molar refractivity (Wildman–Crippen MR) is 204 cm³/mol. The molecule has 272 valence electrons. The fourth-order valence-electron chi connectivity index (χ4n) is 5.32. The van der Waals surface area contributed by atoms with Crippen molar-refractivity contribution < 1.29 is 27.7 Å². The molecular formula is C38H44BrCl3F2N2O4. The maximum atomic E-state index is 13.1. The molecule has 2 aliphatic heterocycles. The zero-order valence-corrected chi connectivity index (χ0v) is 32.1. The summed E-state index contributed by atoms with van der Waals surface area (Å²) in [7, 11) is 0. The summed E-state index contributed by atoms with van der Waals surface area (Å²) < 4.78 is 48.4. The Balaban J connectivity index is 0.000000221. The molecule has 6 rings (SSSR count). The molecule has 0 aliphatic carbocycles. The van der Waals surface area contributed by atoms with Crippen molar-refractivity contribution in [1.29, 1.82) is 0 Å². The minimum Gasteiger partial charge on any atom is -0.493 e. The highest BCUT2D eigenvalue weighted by atomic mass is 79.9. The van der Waals surface area contributed by atoms with Crippen molar-refractivity contribution in [2.45, 2.75) is 37.9 Å². The number of ether oxygens (including phenoxy) is 4. The fraction of sp³-hybridized carbons (Fsp3) is 0.368. The molecule has 4 aromatic rings. The zero-order chi connectivity index (χ0) is 35.1. The second-order valence-electron chi connectivity index (χ2n) is 12.3. The fourth-order valence-corrected chi connectivity index (χ4v) is 5.73. The Hall–Kier alpha value is -2.79. The van der Waals surface area contributed by atoms with Crippen LogP contribution in [-0.2, 0) is 0 Å². The molecule has 2 heterocycles. The Morgan fingerprint density at radius 1 is 0.720 bits per heavy atom. The van der Waals surface area contributed by atoms with Gasteiger partial charge in [0.15, 0.2) is 0 Å². The summed E-state index contributed by atoms with van der Waals surface area (Å²) in [4.78, 5) is 2.30. The average molecular weight is 817 g/mol. The quantitative estimate of drug-likeness (QED) is 0.152. The third-order valence-corrected chi connectivity index (χ3v) is 8.64. The molecule has 2 atom stereocenters. The van der Waals surface area contributed by atoms with Gasteiger partial charge in [0, 0.05) is 66.5 Å². The molecule has 0 amide bonds.